The van der Waals surface area contributed by atoms with Crippen molar-refractivity contribution in [1.29, 1.82) is 0 Å². The van der Waals surface area contributed by atoms with E-state index in [-0.39, 0.29) is 6.04 Å². The van der Waals surface area contributed by atoms with Crippen LogP contribution in [0.2, 0.25) is 0 Å². The molecule has 1 fully saturated rings. The van der Waals surface area contributed by atoms with Gasteiger partial charge in [0.25, 0.3) is 0 Å². The Hall–Kier alpha value is -1.26. The third-order valence-electron chi connectivity index (χ3n) is 5.05. The van der Waals surface area contributed by atoms with Gasteiger partial charge in [-0.05, 0) is 30.7 Å². The van der Waals surface area contributed by atoms with E-state index >= 15 is 0 Å². The second-order valence-electron chi connectivity index (χ2n) is 6.20. The van der Waals surface area contributed by atoms with E-state index in [1.165, 1.54) is 32.1 Å². The number of rotatable bonds is 4. The molecule has 1 heterocycles. The fourth-order valence-corrected chi connectivity index (χ4v) is 3.75. The largest absolute Gasteiger partial charge is 0.486 e. The molecule has 1 saturated carbocycles. The minimum atomic E-state index is 0.152. The minimum Gasteiger partial charge on any atom is -0.486 e. The Kier molecular flexibility index (Phi) is 4.66. The lowest BCUT2D eigenvalue weighted by Crippen LogP contribution is -2.36. The normalized spacial score (nSPS) is 26.4. The Bertz CT molecular complexity index is 470. The van der Waals surface area contributed by atoms with Gasteiger partial charge in [0.1, 0.15) is 13.2 Å². The van der Waals surface area contributed by atoms with E-state index in [1.54, 1.807) is 0 Å². The van der Waals surface area contributed by atoms with Crippen LogP contribution in [0.15, 0.2) is 18.2 Å². The maximum atomic E-state index is 5.89. The fraction of sp³-hybridized carbons (Fsp3) is 0.647. The molecule has 1 atom stereocenters. The van der Waals surface area contributed by atoms with Gasteiger partial charge in [-0.1, -0.05) is 38.3 Å². The highest BCUT2D eigenvalue weighted by Crippen LogP contribution is 2.43. The van der Waals surface area contributed by atoms with E-state index in [0.717, 1.165) is 23.0 Å². The van der Waals surface area contributed by atoms with Crippen molar-refractivity contribution >= 4 is 0 Å². The number of para-hydroxylation sites is 1. The molecule has 0 radical (unpaired) electrons. The van der Waals surface area contributed by atoms with Crippen LogP contribution in [0.25, 0.3) is 0 Å². The van der Waals surface area contributed by atoms with Crippen molar-refractivity contribution in [3.8, 4) is 11.5 Å². The number of benzene rings is 1. The van der Waals surface area contributed by atoms with Gasteiger partial charge >= 0.3 is 0 Å². The number of hydrogen-bond donors (Lipinski definition) is 2. The van der Waals surface area contributed by atoms with Crippen molar-refractivity contribution in [2.45, 2.75) is 45.1 Å². The number of fused-ring (bicyclic) bond motifs is 1. The third-order valence-corrected chi connectivity index (χ3v) is 5.05. The predicted molar refractivity (Wildman–Crippen MR) is 83.2 cm³/mol. The van der Waals surface area contributed by atoms with Crippen LogP contribution in [-0.2, 0) is 0 Å². The molecule has 1 aliphatic carbocycles. The molecule has 21 heavy (non-hydrogen) atoms. The first-order valence-corrected chi connectivity index (χ1v) is 8.18. The van der Waals surface area contributed by atoms with Crippen molar-refractivity contribution in [2.75, 3.05) is 13.2 Å². The van der Waals surface area contributed by atoms with Crippen LogP contribution in [-0.4, -0.2) is 13.2 Å². The standard InChI is InChI=1S/C17H26N2O2/c1-2-12-6-8-13(9-7-12)16(19-18)14-4-3-5-15-17(14)21-11-10-20-15/h3-5,12-13,16,19H,2,6-11,18H2,1H3. The molecule has 3 rings (SSSR count). The molecular weight excluding hydrogens is 264 g/mol. The average molecular weight is 290 g/mol. The quantitative estimate of drug-likeness (QED) is 0.660. The number of hydrazine groups is 1. The summed E-state index contributed by atoms with van der Waals surface area (Å²) in [6.07, 6.45) is 6.39. The molecule has 0 spiro atoms. The fourth-order valence-electron chi connectivity index (χ4n) is 3.75. The Morgan fingerprint density at radius 2 is 1.95 bits per heavy atom. The van der Waals surface area contributed by atoms with Crippen molar-refractivity contribution < 1.29 is 9.47 Å². The van der Waals surface area contributed by atoms with E-state index in [0.29, 0.717) is 19.1 Å². The summed E-state index contributed by atoms with van der Waals surface area (Å²) in [4.78, 5) is 0. The number of hydrogen-bond acceptors (Lipinski definition) is 4. The molecular formula is C17H26N2O2. The van der Waals surface area contributed by atoms with Gasteiger partial charge in [0, 0.05) is 5.56 Å². The van der Waals surface area contributed by atoms with Gasteiger partial charge in [0.2, 0.25) is 0 Å². The van der Waals surface area contributed by atoms with Crippen molar-refractivity contribution in [3.05, 3.63) is 23.8 Å². The molecule has 116 valence electrons. The SMILES string of the molecule is CCC1CCC(C(NN)c2cccc3c2OCCO3)CC1. The second kappa shape index (κ2) is 6.67. The van der Waals surface area contributed by atoms with Gasteiger partial charge in [-0.2, -0.15) is 0 Å². The Labute approximate surface area is 127 Å². The third kappa shape index (κ3) is 3.01. The van der Waals surface area contributed by atoms with Gasteiger partial charge < -0.3 is 9.47 Å². The first kappa shape index (κ1) is 14.7. The Balaban J connectivity index is 1.80. The zero-order valence-electron chi connectivity index (χ0n) is 12.8. The zero-order chi connectivity index (χ0) is 14.7. The van der Waals surface area contributed by atoms with Gasteiger partial charge in [0.05, 0.1) is 6.04 Å². The molecule has 3 N–H and O–H groups in total. The van der Waals surface area contributed by atoms with E-state index in [1.807, 2.05) is 12.1 Å². The zero-order valence-corrected chi connectivity index (χ0v) is 12.8. The highest BCUT2D eigenvalue weighted by molar-refractivity contribution is 5.49. The summed E-state index contributed by atoms with van der Waals surface area (Å²) in [5, 5.41) is 0. The lowest BCUT2D eigenvalue weighted by Gasteiger charge is -2.34. The van der Waals surface area contributed by atoms with Crippen molar-refractivity contribution in [1.82, 2.24) is 5.43 Å². The van der Waals surface area contributed by atoms with Crippen LogP contribution in [0.5, 0.6) is 11.5 Å². The molecule has 4 heteroatoms. The van der Waals surface area contributed by atoms with Crippen LogP contribution in [0.1, 0.15) is 50.6 Å². The van der Waals surface area contributed by atoms with Gasteiger partial charge in [0.15, 0.2) is 11.5 Å². The van der Waals surface area contributed by atoms with Crippen LogP contribution in [0, 0.1) is 11.8 Å². The van der Waals surface area contributed by atoms with Crippen molar-refractivity contribution in [3.63, 3.8) is 0 Å². The predicted octanol–water partition coefficient (Wildman–Crippen LogP) is 3.18. The molecule has 0 amide bonds. The highest BCUT2D eigenvalue weighted by Gasteiger charge is 2.30. The van der Waals surface area contributed by atoms with Crippen LogP contribution >= 0.6 is 0 Å². The summed E-state index contributed by atoms with van der Waals surface area (Å²) in [7, 11) is 0. The average Bonchev–Trinajstić information content (AvgIpc) is 2.56. The number of ether oxygens (including phenoxy) is 2. The molecule has 2 aliphatic rings. The topological polar surface area (TPSA) is 56.5 Å². The summed E-state index contributed by atoms with van der Waals surface area (Å²) in [6, 6.07) is 6.27. The number of nitrogens with one attached hydrogen (secondary N) is 1. The highest BCUT2D eigenvalue weighted by atomic mass is 16.6. The maximum Gasteiger partial charge on any atom is 0.166 e. The first-order chi connectivity index (χ1) is 10.3. The molecule has 1 aliphatic heterocycles. The van der Waals surface area contributed by atoms with E-state index in [4.69, 9.17) is 15.3 Å². The second-order valence-corrected chi connectivity index (χ2v) is 6.20. The smallest absolute Gasteiger partial charge is 0.166 e. The maximum absolute atomic E-state index is 5.89. The van der Waals surface area contributed by atoms with E-state index < -0.39 is 0 Å². The molecule has 1 aromatic rings. The molecule has 0 aromatic heterocycles. The number of nitrogens with two attached hydrogens (primary N) is 1. The monoisotopic (exact) mass is 290 g/mol. The van der Waals surface area contributed by atoms with Gasteiger partial charge in [-0.25, -0.2) is 0 Å². The molecule has 1 aromatic carbocycles. The Morgan fingerprint density at radius 3 is 2.67 bits per heavy atom. The van der Waals surface area contributed by atoms with Crippen LogP contribution < -0.4 is 20.7 Å². The summed E-state index contributed by atoms with van der Waals surface area (Å²) < 4.78 is 11.5. The lowest BCUT2D eigenvalue weighted by molar-refractivity contribution is 0.163. The van der Waals surface area contributed by atoms with E-state index in [2.05, 4.69) is 18.4 Å². The summed E-state index contributed by atoms with van der Waals surface area (Å²) in [5.74, 6) is 9.09. The van der Waals surface area contributed by atoms with E-state index in [9.17, 15) is 0 Å². The van der Waals surface area contributed by atoms with Crippen molar-refractivity contribution in [2.24, 2.45) is 17.7 Å². The van der Waals surface area contributed by atoms with Gasteiger partial charge in [-0.15, -0.1) is 0 Å². The van der Waals surface area contributed by atoms with Gasteiger partial charge in [-0.3, -0.25) is 11.3 Å². The molecule has 1 unspecified atom stereocenters. The van der Waals surface area contributed by atoms with Crippen LogP contribution in [0.4, 0.5) is 0 Å². The molecule has 0 bridgehead atoms. The lowest BCUT2D eigenvalue weighted by atomic mass is 9.76. The first-order valence-electron chi connectivity index (χ1n) is 8.18. The van der Waals surface area contributed by atoms with Crippen LogP contribution in [0.3, 0.4) is 0 Å². The Morgan fingerprint density at radius 1 is 1.19 bits per heavy atom. The summed E-state index contributed by atoms with van der Waals surface area (Å²) in [6.45, 7) is 3.53. The molecule has 0 saturated heterocycles. The summed E-state index contributed by atoms with van der Waals surface area (Å²) >= 11 is 0. The minimum absolute atomic E-state index is 0.152. The summed E-state index contributed by atoms with van der Waals surface area (Å²) in [5.41, 5.74) is 4.18. The molecule has 4 nitrogen and oxygen atoms in total.